The third-order valence-corrected chi connectivity index (χ3v) is 6.67. The number of carbonyl (C=O) groups is 1. The molecule has 0 heterocycles. The largest absolute Gasteiger partial charge is 0.497 e. The predicted molar refractivity (Wildman–Crippen MR) is 113 cm³/mol. The lowest BCUT2D eigenvalue weighted by Gasteiger charge is -2.35. The first-order chi connectivity index (χ1) is 14.5. The van der Waals surface area contributed by atoms with Crippen LogP contribution in [0.1, 0.15) is 55.6 Å². The molecule has 5 heteroatoms. The van der Waals surface area contributed by atoms with E-state index in [2.05, 4.69) is 0 Å². The van der Waals surface area contributed by atoms with Crippen LogP contribution in [0.5, 0.6) is 11.5 Å². The van der Waals surface area contributed by atoms with E-state index in [-0.39, 0.29) is 17.7 Å². The van der Waals surface area contributed by atoms with Gasteiger partial charge in [0.1, 0.15) is 17.3 Å². The van der Waals surface area contributed by atoms with Crippen molar-refractivity contribution in [3.8, 4) is 11.5 Å². The lowest BCUT2D eigenvalue weighted by Crippen LogP contribution is -2.28. The fourth-order valence-electron chi connectivity index (χ4n) is 4.69. The standard InChI is InChI=1S/C25H29FO4/c1-15(25(27)28)24(17-6-7-17)18-4-3-5-21(12-18)30-14-16-10-19(11-16)22-13-20(29-2)8-9-23(22)26/h3-5,8-9,12-13,15-17,19,24H,6-7,10-11,14H2,1-2H3,(H,27,28)/t15-,16?,19?,24?/m0/s1. The summed E-state index contributed by atoms with van der Waals surface area (Å²) >= 11 is 0. The zero-order valence-electron chi connectivity index (χ0n) is 17.5. The van der Waals surface area contributed by atoms with Crippen molar-refractivity contribution in [2.24, 2.45) is 17.8 Å². The van der Waals surface area contributed by atoms with E-state index >= 15 is 0 Å². The Morgan fingerprint density at radius 2 is 1.93 bits per heavy atom. The van der Waals surface area contributed by atoms with Gasteiger partial charge in [0.25, 0.3) is 0 Å². The Labute approximate surface area is 177 Å². The number of benzene rings is 2. The summed E-state index contributed by atoms with van der Waals surface area (Å²) in [6.45, 7) is 2.39. The van der Waals surface area contributed by atoms with E-state index in [0.717, 1.165) is 42.6 Å². The Morgan fingerprint density at radius 1 is 1.17 bits per heavy atom. The van der Waals surface area contributed by atoms with Gasteiger partial charge in [-0.1, -0.05) is 19.1 Å². The van der Waals surface area contributed by atoms with E-state index in [1.54, 1.807) is 26.2 Å². The lowest BCUT2D eigenvalue weighted by molar-refractivity contribution is -0.142. The summed E-state index contributed by atoms with van der Waals surface area (Å²) in [5, 5.41) is 9.48. The molecule has 4 rings (SSSR count). The Morgan fingerprint density at radius 3 is 2.60 bits per heavy atom. The smallest absolute Gasteiger partial charge is 0.306 e. The summed E-state index contributed by atoms with van der Waals surface area (Å²) in [7, 11) is 1.59. The second-order valence-electron chi connectivity index (χ2n) is 8.80. The van der Waals surface area contributed by atoms with Crippen molar-refractivity contribution in [3.63, 3.8) is 0 Å². The molecule has 2 aromatic rings. The normalized spacial score (nSPS) is 22.6. The van der Waals surface area contributed by atoms with E-state index in [1.807, 2.05) is 24.3 Å². The first kappa shape index (κ1) is 20.7. The van der Waals surface area contributed by atoms with Crippen molar-refractivity contribution in [2.45, 2.75) is 44.4 Å². The van der Waals surface area contributed by atoms with Gasteiger partial charge in [-0.15, -0.1) is 0 Å². The first-order valence-electron chi connectivity index (χ1n) is 10.7. The zero-order chi connectivity index (χ0) is 21.3. The monoisotopic (exact) mass is 412 g/mol. The molecule has 2 saturated carbocycles. The maximum atomic E-state index is 14.1. The molecular weight excluding hydrogens is 383 g/mol. The second-order valence-corrected chi connectivity index (χ2v) is 8.80. The van der Waals surface area contributed by atoms with Gasteiger partial charge in [-0.25, -0.2) is 4.39 Å². The van der Waals surface area contributed by atoms with Crippen LogP contribution in [0.4, 0.5) is 4.39 Å². The number of carboxylic acid groups (broad SMARTS) is 1. The summed E-state index contributed by atoms with van der Waals surface area (Å²) in [6.07, 6.45) is 3.98. The summed E-state index contributed by atoms with van der Waals surface area (Å²) in [5.41, 5.74) is 1.78. The summed E-state index contributed by atoms with van der Waals surface area (Å²) in [4.78, 5) is 11.5. The molecule has 160 valence electrons. The van der Waals surface area contributed by atoms with Crippen LogP contribution in [0, 0.1) is 23.6 Å². The zero-order valence-corrected chi connectivity index (χ0v) is 17.5. The van der Waals surface area contributed by atoms with E-state index in [1.165, 1.54) is 6.07 Å². The average Bonchev–Trinajstić information content (AvgIpc) is 3.53. The Balaban J connectivity index is 1.34. The molecule has 1 N–H and O–H groups in total. The second kappa shape index (κ2) is 8.66. The van der Waals surface area contributed by atoms with Gasteiger partial charge < -0.3 is 14.6 Å². The number of hydrogen-bond donors (Lipinski definition) is 1. The number of hydrogen-bond acceptors (Lipinski definition) is 3. The maximum Gasteiger partial charge on any atom is 0.306 e. The van der Waals surface area contributed by atoms with Crippen LogP contribution in [0.2, 0.25) is 0 Å². The van der Waals surface area contributed by atoms with Gasteiger partial charge in [-0.2, -0.15) is 0 Å². The highest BCUT2D eigenvalue weighted by Crippen LogP contribution is 2.47. The molecule has 2 aliphatic carbocycles. The van der Waals surface area contributed by atoms with E-state index < -0.39 is 11.9 Å². The molecule has 0 aliphatic heterocycles. The fraction of sp³-hybridized carbons (Fsp3) is 0.480. The average molecular weight is 413 g/mol. The third kappa shape index (κ3) is 4.45. The van der Waals surface area contributed by atoms with Crippen molar-refractivity contribution < 1.29 is 23.8 Å². The number of rotatable bonds is 9. The molecule has 0 amide bonds. The lowest BCUT2D eigenvalue weighted by atomic mass is 9.71. The molecule has 0 saturated heterocycles. The van der Waals surface area contributed by atoms with Gasteiger partial charge in [0.2, 0.25) is 0 Å². The Kier molecular flexibility index (Phi) is 5.98. The molecule has 0 aromatic heterocycles. The van der Waals surface area contributed by atoms with Gasteiger partial charge in [0, 0.05) is 0 Å². The van der Waals surface area contributed by atoms with Crippen LogP contribution in [0.25, 0.3) is 0 Å². The van der Waals surface area contributed by atoms with Crippen molar-refractivity contribution in [1.82, 2.24) is 0 Å². The number of halogens is 1. The fourth-order valence-corrected chi connectivity index (χ4v) is 4.69. The van der Waals surface area contributed by atoms with Gasteiger partial charge in [-0.3, -0.25) is 4.79 Å². The highest BCUT2D eigenvalue weighted by molar-refractivity contribution is 5.71. The number of methoxy groups -OCH3 is 1. The van der Waals surface area contributed by atoms with Crippen LogP contribution in [-0.2, 0) is 4.79 Å². The predicted octanol–water partition coefficient (Wildman–Crippen LogP) is 5.62. The highest BCUT2D eigenvalue weighted by atomic mass is 19.1. The molecule has 4 nitrogen and oxygen atoms in total. The molecule has 2 atom stereocenters. The number of ether oxygens (including phenoxy) is 2. The third-order valence-electron chi connectivity index (χ3n) is 6.67. The van der Waals surface area contributed by atoms with Crippen molar-refractivity contribution in [2.75, 3.05) is 13.7 Å². The summed E-state index contributed by atoms with van der Waals surface area (Å²) < 4.78 is 25.4. The molecule has 0 radical (unpaired) electrons. The molecule has 2 fully saturated rings. The number of aliphatic carboxylic acids is 1. The first-order valence-corrected chi connectivity index (χ1v) is 10.7. The van der Waals surface area contributed by atoms with Crippen LogP contribution in [-0.4, -0.2) is 24.8 Å². The van der Waals surface area contributed by atoms with Gasteiger partial charge in [-0.05, 0) is 90.8 Å². The molecule has 2 aliphatic rings. The molecule has 1 unspecified atom stereocenters. The minimum atomic E-state index is -0.747. The van der Waals surface area contributed by atoms with Crippen molar-refractivity contribution >= 4 is 5.97 Å². The van der Waals surface area contributed by atoms with E-state index in [0.29, 0.717) is 24.2 Å². The molecular formula is C25H29FO4. The molecule has 2 aromatic carbocycles. The summed E-state index contributed by atoms with van der Waals surface area (Å²) in [6, 6.07) is 12.8. The molecule has 0 spiro atoms. The highest BCUT2D eigenvalue weighted by Gasteiger charge is 2.39. The van der Waals surface area contributed by atoms with E-state index in [9.17, 15) is 14.3 Å². The van der Waals surface area contributed by atoms with E-state index in [4.69, 9.17) is 9.47 Å². The van der Waals surface area contributed by atoms with Crippen LogP contribution < -0.4 is 9.47 Å². The topological polar surface area (TPSA) is 55.8 Å². The Hall–Kier alpha value is -2.56. The van der Waals surface area contributed by atoms with Gasteiger partial charge >= 0.3 is 5.97 Å². The quantitative estimate of drug-likeness (QED) is 0.581. The van der Waals surface area contributed by atoms with Crippen LogP contribution >= 0.6 is 0 Å². The van der Waals surface area contributed by atoms with Crippen LogP contribution in [0.3, 0.4) is 0 Å². The summed E-state index contributed by atoms with van der Waals surface area (Å²) in [5.74, 6) is 1.23. The van der Waals surface area contributed by atoms with Crippen molar-refractivity contribution in [1.29, 1.82) is 0 Å². The minimum absolute atomic E-state index is 0.0372. The maximum absolute atomic E-state index is 14.1. The van der Waals surface area contributed by atoms with Gasteiger partial charge in [0.15, 0.2) is 0 Å². The SMILES string of the molecule is COc1ccc(F)c(C2CC(COc3cccc(C(C4CC4)[C@H](C)C(=O)O)c3)C2)c1. The van der Waals surface area contributed by atoms with Crippen LogP contribution in [0.15, 0.2) is 42.5 Å². The van der Waals surface area contributed by atoms with Gasteiger partial charge in [0.05, 0.1) is 19.6 Å². The molecule has 0 bridgehead atoms. The molecule has 30 heavy (non-hydrogen) atoms. The van der Waals surface area contributed by atoms with Crippen molar-refractivity contribution in [3.05, 3.63) is 59.4 Å². The minimum Gasteiger partial charge on any atom is -0.497 e. The number of carboxylic acids is 1. The Bertz CT molecular complexity index is 902.